The van der Waals surface area contributed by atoms with Gasteiger partial charge in [-0.05, 0) is 19.8 Å². The SMILES string of the molecule is C=CF.CCCc1cc(N[C@H](C)C(=O)N2CCC2)ncn1.FCF. The summed E-state index contributed by atoms with van der Waals surface area (Å²) >= 11 is 0. The zero-order valence-corrected chi connectivity index (χ0v) is 14.1. The van der Waals surface area contributed by atoms with Gasteiger partial charge in [0.2, 0.25) is 12.8 Å². The van der Waals surface area contributed by atoms with Gasteiger partial charge in [-0.15, -0.1) is 0 Å². The Morgan fingerprint density at radius 3 is 2.50 bits per heavy atom. The molecule has 5 nitrogen and oxygen atoms in total. The number of anilines is 1. The van der Waals surface area contributed by atoms with E-state index in [2.05, 4.69) is 28.8 Å². The molecule has 1 amide bonds. The standard InChI is InChI=1S/C13H20N4O.C2H3F.CH2F2/c1-3-5-11-8-12(15-9-14-11)16-10(2)13(18)17-6-4-7-17;1-2-3;2-1-3/h8-10H,3-7H2,1-2H3,(H,14,15,16);2H,1H2;1H2/t10-;;/m1../s1. The Labute approximate surface area is 141 Å². The number of hydrogen-bond donors (Lipinski definition) is 1. The third kappa shape index (κ3) is 8.50. The van der Waals surface area contributed by atoms with E-state index in [-0.39, 0.29) is 18.3 Å². The van der Waals surface area contributed by atoms with Crippen LogP contribution in [0.25, 0.3) is 0 Å². The number of likely N-dealkylation sites (tertiary alicyclic amines) is 1. The van der Waals surface area contributed by atoms with E-state index < -0.39 is 6.93 Å². The molecule has 1 aliphatic rings. The lowest BCUT2D eigenvalue weighted by Crippen LogP contribution is -2.48. The molecule has 24 heavy (non-hydrogen) atoms. The maximum absolute atomic E-state index is 12.0. The van der Waals surface area contributed by atoms with Gasteiger partial charge in [0.15, 0.2) is 0 Å². The van der Waals surface area contributed by atoms with E-state index in [1.54, 1.807) is 6.33 Å². The number of rotatable bonds is 5. The van der Waals surface area contributed by atoms with Gasteiger partial charge < -0.3 is 10.2 Å². The maximum Gasteiger partial charge on any atom is 0.244 e. The number of halogens is 3. The Hall–Kier alpha value is -2.12. The maximum atomic E-state index is 12.0. The molecule has 1 aromatic rings. The van der Waals surface area contributed by atoms with Crippen LogP contribution in [0.1, 0.15) is 32.4 Å². The molecule has 1 aliphatic heterocycles. The normalized spacial score (nSPS) is 13.3. The summed E-state index contributed by atoms with van der Waals surface area (Å²) in [6.45, 7) is 6.71. The van der Waals surface area contributed by atoms with Gasteiger partial charge in [0.1, 0.15) is 18.2 Å². The van der Waals surface area contributed by atoms with Gasteiger partial charge in [-0.3, -0.25) is 4.79 Å². The third-order valence-corrected chi connectivity index (χ3v) is 3.13. The number of carbonyl (C=O) groups excluding carboxylic acids is 1. The summed E-state index contributed by atoms with van der Waals surface area (Å²) in [7, 11) is 0. The first-order chi connectivity index (χ1) is 11.5. The van der Waals surface area contributed by atoms with Crippen LogP contribution in [0.15, 0.2) is 25.3 Å². The number of nitrogens with zero attached hydrogens (tertiary/aromatic N) is 3. The molecular weight excluding hydrogens is 321 g/mol. The van der Waals surface area contributed by atoms with Crippen LogP contribution in [0.2, 0.25) is 0 Å². The van der Waals surface area contributed by atoms with E-state index in [4.69, 9.17) is 0 Å². The minimum atomic E-state index is -1.75. The van der Waals surface area contributed by atoms with Crippen molar-refractivity contribution in [2.75, 3.05) is 25.3 Å². The first-order valence-corrected chi connectivity index (χ1v) is 7.73. The van der Waals surface area contributed by atoms with Crippen molar-refractivity contribution in [3.8, 4) is 0 Å². The van der Waals surface area contributed by atoms with Crippen molar-refractivity contribution < 1.29 is 18.0 Å². The van der Waals surface area contributed by atoms with Crippen LogP contribution in [-0.4, -0.2) is 46.8 Å². The highest BCUT2D eigenvalue weighted by atomic mass is 19.3. The molecule has 8 heteroatoms. The molecule has 1 aromatic heterocycles. The fourth-order valence-corrected chi connectivity index (χ4v) is 1.96. The average molecular weight is 346 g/mol. The lowest BCUT2D eigenvalue weighted by Gasteiger charge is -2.33. The molecule has 0 radical (unpaired) electrons. The predicted molar refractivity (Wildman–Crippen MR) is 88.7 cm³/mol. The number of carbonyl (C=O) groups is 1. The molecule has 1 fully saturated rings. The van der Waals surface area contributed by atoms with E-state index >= 15 is 0 Å². The van der Waals surface area contributed by atoms with Crippen molar-refractivity contribution in [3.05, 3.63) is 31.0 Å². The van der Waals surface area contributed by atoms with Gasteiger partial charge in [0, 0.05) is 24.8 Å². The van der Waals surface area contributed by atoms with Crippen molar-refractivity contribution in [3.63, 3.8) is 0 Å². The van der Waals surface area contributed by atoms with Crippen LogP contribution in [0.3, 0.4) is 0 Å². The lowest BCUT2D eigenvalue weighted by atomic mass is 10.1. The third-order valence-electron chi connectivity index (χ3n) is 3.13. The molecule has 1 atom stereocenters. The number of hydrogen-bond acceptors (Lipinski definition) is 4. The largest absolute Gasteiger partial charge is 0.359 e. The first-order valence-electron chi connectivity index (χ1n) is 7.73. The number of aryl methyl sites for hydroxylation is 1. The lowest BCUT2D eigenvalue weighted by molar-refractivity contribution is -0.135. The summed E-state index contributed by atoms with van der Waals surface area (Å²) in [5.74, 6) is 0.881. The van der Waals surface area contributed by atoms with Gasteiger partial charge in [0.05, 0.1) is 6.33 Å². The summed E-state index contributed by atoms with van der Waals surface area (Å²) in [6, 6.07) is 1.69. The molecule has 2 heterocycles. The quantitative estimate of drug-likeness (QED) is 0.887. The highest BCUT2D eigenvalue weighted by molar-refractivity contribution is 5.84. The summed E-state index contributed by atoms with van der Waals surface area (Å²) in [6.07, 6.45) is 4.91. The molecule has 1 saturated heterocycles. The minimum absolute atomic E-state index is 0.150. The molecule has 0 aliphatic carbocycles. The topological polar surface area (TPSA) is 58.1 Å². The summed E-state index contributed by atoms with van der Waals surface area (Å²) in [5.41, 5.74) is 1.01. The molecule has 1 N–H and O–H groups in total. The second-order valence-corrected chi connectivity index (χ2v) is 4.94. The summed E-state index contributed by atoms with van der Waals surface area (Å²) < 4.78 is 29.3. The number of alkyl halides is 2. The van der Waals surface area contributed by atoms with E-state index in [1.807, 2.05) is 17.9 Å². The van der Waals surface area contributed by atoms with Crippen LogP contribution in [0.5, 0.6) is 0 Å². The van der Waals surface area contributed by atoms with Gasteiger partial charge in [-0.1, -0.05) is 19.9 Å². The van der Waals surface area contributed by atoms with Crippen molar-refractivity contribution in [2.24, 2.45) is 0 Å². The van der Waals surface area contributed by atoms with Gasteiger partial charge in [0.25, 0.3) is 0 Å². The zero-order valence-electron chi connectivity index (χ0n) is 14.1. The van der Waals surface area contributed by atoms with Crippen LogP contribution >= 0.6 is 0 Å². The van der Waals surface area contributed by atoms with Crippen molar-refractivity contribution in [1.82, 2.24) is 14.9 Å². The summed E-state index contributed by atoms with van der Waals surface area (Å²) in [4.78, 5) is 22.2. The minimum Gasteiger partial charge on any atom is -0.359 e. The molecule has 0 aromatic carbocycles. The molecular formula is C16H25F3N4O. The molecule has 0 unspecified atom stereocenters. The highest BCUT2D eigenvalue weighted by Gasteiger charge is 2.25. The Morgan fingerprint density at radius 2 is 2.04 bits per heavy atom. The first kappa shape index (κ1) is 21.9. The van der Waals surface area contributed by atoms with Gasteiger partial charge in [-0.2, -0.15) is 0 Å². The fraction of sp³-hybridized carbons (Fsp3) is 0.562. The molecule has 0 saturated carbocycles. The second-order valence-electron chi connectivity index (χ2n) is 4.94. The molecule has 136 valence electrons. The average Bonchev–Trinajstić information content (AvgIpc) is 2.48. The number of amides is 1. The van der Waals surface area contributed by atoms with Crippen molar-refractivity contribution >= 4 is 11.7 Å². The number of aromatic nitrogens is 2. The second kappa shape index (κ2) is 13.3. The van der Waals surface area contributed by atoms with E-state index in [9.17, 15) is 18.0 Å². The fourth-order valence-electron chi connectivity index (χ4n) is 1.96. The smallest absolute Gasteiger partial charge is 0.244 e. The molecule has 0 bridgehead atoms. The zero-order chi connectivity index (χ0) is 18.4. The van der Waals surface area contributed by atoms with Crippen molar-refractivity contribution in [1.29, 1.82) is 0 Å². The Bertz CT molecular complexity index is 484. The molecule has 2 rings (SSSR count). The Balaban J connectivity index is 0.000000772. The van der Waals surface area contributed by atoms with E-state index in [1.165, 1.54) is 0 Å². The van der Waals surface area contributed by atoms with Crippen molar-refractivity contribution in [2.45, 2.75) is 39.2 Å². The van der Waals surface area contributed by atoms with E-state index in [0.29, 0.717) is 0 Å². The molecule has 0 spiro atoms. The number of nitrogens with one attached hydrogen (secondary N) is 1. The monoisotopic (exact) mass is 346 g/mol. The summed E-state index contributed by atoms with van der Waals surface area (Å²) in [5, 5.41) is 3.15. The van der Waals surface area contributed by atoms with E-state index in [0.717, 1.165) is 43.9 Å². The highest BCUT2D eigenvalue weighted by Crippen LogP contribution is 2.12. The van der Waals surface area contributed by atoms with Gasteiger partial charge in [-0.25, -0.2) is 23.1 Å². The Morgan fingerprint density at radius 1 is 1.46 bits per heavy atom. The predicted octanol–water partition coefficient (Wildman–Crippen LogP) is 3.44. The van der Waals surface area contributed by atoms with Crippen LogP contribution in [-0.2, 0) is 11.2 Å². The van der Waals surface area contributed by atoms with Crippen LogP contribution in [0, 0.1) is 0 Å². The van der Waals surface area contributed by atoms with Gasteiger partial charge >= 0.3 is 0 Å². The Kier molecular flexibility index (Phi) is 12.2. The van der Waals surface area contributed by atoms with Crippen LogP contribution in [0.4, 0.5) is 19.0 Å². The van der Waals surface area contributed by atoms with Crippen LogP contribution < -0.4 is 5.32 Å².